The van der Waals surface area contributed by atoms with Crippen molar-refractivity contribution in [3.8, 4) is 5.75 Å². The van der Waals surface area contributed by atoms with Crippen LogP contribution in [0.25, 0.3) is 0 Å². The molecule has 1 heterocycles. The molecule has 1 aliphatic heterocycles. The number of carbonyl (C=O) groups is 2. The Balaban J connectivity index is 1.40. The predicted molar refractivity (Wildman–Crippen MR) is 116 cm³/mol. The largest absolute Gasteiger partial charge is 0.493 e. The SMILES string of the molecule is NS(=O)(=O)c1cccc(CNC(=O)C2CCN(C(=O)CCOc3ccccc3)CC2)c1. The summed E-state index contributed by atoms with van der Waals surface area (Å²) >= 11 is 0. The number of amides is 2. The number of hydrogen-bond acceptors (Lipinski definition) is 5. The van der Waals surface area contributed by atoms with E-state index < -0.39 is 10.0 Å². The summed E-state index contributed by atoms with van der Waals surface area (Å²) < 4.78 is 28.5. The van der Waals surface area contributed by atoms with E-state index in [1.807, 2.05) is 30.3 Å². The van der Waals surface area contributed by atoms with E-state index >= 15 is 0 Å². The predicted octanol–water partition coefficient (Wildman–Crippen LogP) is 1.66. The van der Waals surface area contributed by atoms with Crippen molar-refractivity contribution in [3.05, 3.63) is 60.2 Å². The average Bonchev–Trinajstić information content (AvgIpc) is 2.78. The number of benzene rings is 2. The molecule has 0 spiro atoms. The van der Waals surface area contributed by atoms with Crippen molar-refractivity contribution in [1.29, 1.82) is 0 Å². The van der Waals surface area contributed by atoms with E-state index in [1.54, 1.807) is 17.0 Å². The third-order valence-corrected chi connectivity index (χ3v) is 6.15. The van der Waals surface area contributed by atoms with Gasteiger partial charge < -0.3 is 15.0 Å². The lowest BCUT2D eigenvalue weighted by molar-refractivity contribution is -0.136. The number of likely N-dealkylation sites (tertiary alicyclic amines) is 1. The second-order valence-electron chi connectivity index (χ2n) is 7.48. The molecule has 3 rings (SSSR count). The molecule has 1 aliphatic rings. The average molecular weight is 446 g/mol. The fourth-order valence-electron chi connectivity index (χ4n) is 3.49. The van der Waals surface area contributed by atoms with E-state index in [2.05, 4.69) is 5.32 Å². The first-order valence-electron chi connectivity index (χ1n) is 10.2. The first-order valence-corrected chi connectivity index (χ1v) is 11.7. The van der Waals surface area contributed by atoms with Crippen molar-refractivity contribution in [3.63, 3.8) is 0 Å². The summed E-state index contributed by atoms with van der Waals surface area (Å²) in [5, 5.41) is 7.99. The molecule has 0 unspecified atom stereocenters. The molecule has 3 N–H and O–H groups in total. The Morgan fingerprint density at radius 3 is 2.45 bits per heavy atom. The van der Waals surface area contributed by atoms with Crippen LogP contribution in [0.3, 0.4) is 0 Å². The smallest absolute Gasteiger partial charge is 0.238 e. The highest BCUT2D eigenvalue weighted by atomic mass is 32.2. The minimum absolute atomic E-state index is 0.0160. The van der Waals surface area contributed by atoms with Gasteiger partial charge >= 0.3 is 0 Å². The monoisotopic (exact) mass is 445 g/mol. The molecular weight excluding hydrogens is 418 g/mol. The van der Waals surface area contributed by atoms with E-state index in [4.69, 9.17) is 9.88 Å². The van der Waals surface area contributed by atoms with Gasteiger partial charge in [-0.15, -0.1) is 0 Å². The molecule has 0 saturated carbocycles. The van der Waals surface area contributed by atoms with Gasteiger partial charge in [0.15, 0.2) is 0 Å². The summed E-state index contributed by atoms with van der Waals surface area (Å²) in [6.07, 6.45) is 1.48. The molecule has 1 fully saturated rings. The van der Waals surface area contributed by atoms with Crippen LogP contribution in [0.1, 0.15) is 24.8 Å². The van der Waals surface area contributed by atoms with E-state index in [1.165, 1.54) is 12.1 Å². The van der Waals surface area contributed by atoms with Gasteiger partial charge in [-0.3, -0.25) is 9.59 Å². The Morgan fingerprint density at radius 1 is 1.06 bits per heavy atom. The molecule has 9 heteroatoms. The van der Waals surface area contributed by atoms with E-state index in [9.17, 15) is 18.0 Å². The second-order valence-corrected chi connectivity index (χ2v) is 9.04. The van der Waals surface area contributed by atoms with Crippen molar-refractivity contribution in [2.45, 2.75) is 30.7 Å². The third-order valence-electron chi connectivity index (χ3n) is 5.24. The summed E-state index contributed by atoms with van der Waals surface area (Å²) in [6, 6.07) is 15.5. The molecule has 2 amide bonds. The van der Waals surface area contributed by atoms with Gasteiger partial charge in [-0.05, 0) is 42.7 Å². The van der Waals surface area contributed by atoms with Crippen LogP contribution in [0.15, 0.2) is 59.5 Å². The number of rotatable bonds is 8. The highest BCUT2D eigenvalue weighted by Gasteiger charge is 2.27. The van der Waals surface area contributed by atoms with Crippen LogP contribution >= 0.6 is 0 Å². The maximum absolute atomic E-state index is 12.5. The minimum atomic E-state index is -3.78. The topological polar surface area (TPSA) is 119 Å². The lowest BCUT2D eigenvalue weighted by atomic mass is 9.95. The van der Waals surface area contributed by atoms with Gasteiger partial charge in [0.05, 0.1) is 17.9 Å². The number of piperidine rings is 1. The van der Waals surface area contributed by atoms with Crippen LogP contribution in [-0.2, 0) is 26.2 Å². The first kappa shape index (κ1) is 22.8. The van der Waals surface area contributed by atoms with Gasteiger partial charge in [0.25, 0.3) is 0 Å². The zero-order chi connectivity index (χ0) is 22.3. The van der Waals surface area contributed by atoms with Crippen molar-refractivity contribution < 1.29 is 22.7 Å². The normalized spacial score (nSPS) is 14.8. The first-order chi connectivity index (χ1) is 14.8. The van der Waals surface area contributed by atoms with Gasteiger partial charge in [0.1, 0.15) is 5.75 Å². The molecule has 2 aromatic carbocycles. The molecule has 166 valence electrons. The Kier molecular flexibility index (Phi) is 7.64. The van der Waals surface area contributed by atoms with E-state index in [-0.39, 0.29) is 29.2 Å². The van der Waals surface area contributed by atoms with Gasteiger partial charge in [-0.25, -0.2) is 13.6 Å². The Labute approximate surface area is 182 Å². The van der Waals surface area contributed by atoms with Gasteiger partial charge in [0, 0.05) is 25.6 Å². The number of sulfonamides is 1. The van der Waals surface area contributed by atoms with E-state index in [0.717, 1.165) is 5.75 Å². The Bertz CT molecular complexity index is 1000. The molecule has 8 nitrogen and oxygen atoms in total. The van der Waals surface area contributed by atoms with Crippen molar-refractivity contribution in [2.24, 2.45) is 11.1 Å². The number of nitrogens with one attached hydrogen (secondary N) is 1. The molecule has 0 atom stereocenters. The fourth-order valence-corrected chi connectivity index (χ4v) is 4.07. The van der Waals surface area contributed by atoms with Crippen molar-refractivity contribution >= 4 is 21.8 Å². The summed E-state index contributed by atoms with van der Waals surface area (Å²) in [4.78, 5) is 26.6. The highest BCUT2D eigenvalue weighted by molar-refractivity contribution is 7.89. The van der Waals surface area contributed by atoms with Crippen LogP contribution in [0, 0.1) is 5.92 Å². The van der Waals surface area contributed by atoms with Gasteiger partial charge in [0.2, 0.25) is 21.8 Å². The molecule has 2 aromatic rings. The third kappa shape index (κ3) is 6.80. The van der Waals surface area contributed by atoms with Gasteiger partial charge in [-0.1, -0.05) is 30.3 Å². The summed E-state index contributed by atoms with van der Waals surface area (Å²) in [5.41, 5.74) is 0.658. The maximum atomic E-state index is 12.5. The molecule has 0 aromatic heterocycles. The van der Waals surface area contributed by atoms with Crippen LogP contribution in [0.4, 0.5) is 0 Å². The molecule has 0 radical (unpaired) electrons. The second kappa shape index (κ2) is 10.4. The fraction of sp³-hybridized carbons (Fsp3) is 0.364. The van der Waals surface area contributed by atoms with Gasteiger partial charge in [-0.2, -0.15) is 0 Å². The van der Waals surface area contributed by atoms with Crippen LogP contribution in [0.2, 0.25) is 0 Å². The number of nitrogens with two attached hydrogens (primary N) is 1. The zero-order valence-electron chi connectivity index (χ0n) is 17.2. The number of ether oxygens (including phenoxy) is 1. The molecule has 0 aliphatic carbocycles. The van der Waals surface area contributed by atoms with Crippen LogP contribution in [-0.4, -0.2) is 44.8 Å². The van der Waals surface area contributed by atoms with Crippen molar-refractivity contribution in [1.82, 2.24) is 10.2 Å². The summed E-state index contributed by atoms with van der Waals surface area (Å²) in [7, 11) is -3.78. The van der Waals surface area contributed by atoms with E-state index in [0.29, 0.717) is 44.5 Å². The lowest BCUT2D eigenvalue weighted by Crippen LogP contribution is -2.43. The van der Waals surface area contributed by atoms with Crippen LogP contribution in [0.5, 0.6) is 5.75 Å². The zero-order valence-corrected chi connectivity index (χ0v) is 18.0. The van der Waals surface area contributed by atoms with Crippen LogP contribution < -0.4 is 15.2 Å². The highest BCUT2D eigenvalue weighted by Crippen LogP contribution is 2.19. The quantitative estimate of drug-likeness (QED) is 0.641. The number of hydrogen-bond donors (Lipinski definition) is 2. The van der Waals surface area contributed by atoms with Crippen molar-refractivity contribution in [2.75, 3.05) is 19.7 Å². The molecule has 0 bridgehead atoms. The minimum Gasteiger partial charge on any atom is -0.493 e. The molecule has 31 heavy (non-hydrogen) atoms. The Morgan fingerprint density at radius 2 is 1.77 bits per heavy atom. The lowest BCUT2D eigenvalue weighted by Gasteiger charge is -2.31. The summed E-state index contributed by atoms with van der Waals surface area (Å²) in [6.45, 7) is 1.60. The standard InChI is InChI=1S/C22H27N3O5S/c23-31(28,29)20-8-4-5-17(15-20)16-24-22(27)18-9-12-25(13-10-18)21(26)11-14-30-19-6-2-1-3-7-19/h1-8,15,18H,9-14,16H2,(H,24,27)(H2,23,28,29). The number of carbonyl (C=O) groups excluding carboxylic acids is 2. The maximum Gasteiger partial charge on any atom is 0.238 e. The number of primary sulfonamides is 1. The molecular formula is C22H27N3O5S. The summed E-state index contributed by atoms with van der Waals surface area (Å²) in [5.74, 6) is 0.487. The number of nitrogens with zero attached hydrogens (tertiary/aromatic N) is 1. The number of para-hydroxylation sites is 1. The molecule has 1 saturated heterocycles. The Hall–Kier alpha value is -2.91.